The summed E-state index contributed by atoms with van der Waals surface area (Å²) in [5.74, 6) is -0.523. The molecule has 2 aromatic carbocycles. The number of benzene rings is 2. The minimum absolute atomic E-state index is 0.0533. The second kappa shape index (κ2) is 5.26. The van der Waals surface area contributed by atoms with Gasteiger partial charge in [-0.2, -0.15) is 0 Å². The van der Waals surface area contributed by atoms with Crippen LogP contribution in [-0.4, -0.2) is 0 Å². The smallest absolute Gasteiger partial charge is 0.132 e. The van der Waals surface area contributed by atoms with Gasteiger partial charge in [-0.3, -0.25) is 0 Å². The molecule has 2 rings (SSSR count). The third-order valence-electron chi connectivity index (χ3n) is 2.87. The molecule has 0 spiro atoms. The van der Waals surface area contributed by atoms with Gasteiger partial charge in [0.2, 0.25) is 0 Å². The standard InChI is InChI=1S/C15H15F2NO/c1-9-5-13(18)6-10(2)15(9)19-8-11-3-4-12(16)7-14(11)17/h3-7H,8,18H2,1-2H3. The van der Waals surface area contributed by atoms with Crippen molar-refractivity contribution in [2.75, 3.05) is 5.73 Å². The Morgan fingerprint density at radius 3 is 2.26 bits per heavy atom. The molecule has 0 bridgehead atoms. The summed E-state index contributed by atoms with van der Waals surface area (Å²) in [6, 6.07) is 7.03. The predicted molar refractivity (Wildman–Crippen MR) is 71.0 cm³/mol. The van der Waals surface area contributed by atoms with Crippen molar-refractivity contribution < 1.29 is 13.5 Å². The number of aryl methyl sites for hydroxylation is 2. The largest absolute Gasteiger partial charge is 0.488 e. The number of ether oxygens (including phenoxy) is 1. The Labute approximate surface area is 110 Å². The van der Waals surface area contributed by atoms with E-state index < -0.39 is 11.6 Å². The summed E-state index contributed by atoms with van der Waals surface area (Å²) in [7, 11) is 0. The molecule has 2 aromatic rings. The van der Waals surface area contributed by atoms with Crippen LogP contribution in [0.3, 0.4) is 0 Å². The zero-order valence-corrected chi connectivity index (χ0v) is 10.8. The average molecular weight is 263 g/mol. The van der Waals surface area contributed by atoms with Crippen LogP contribution >= 0.6 is 0 Å². The van der Waals surface area contributed by atoms with Crippen LogP contribution in [0.2, 0.25) is 0 Å². The van der Waals surface area contributed by atoms with Crippen molar-refractivity contribution in [1.29, 1.82) is 0 Å². The van der Waals surface area contributed by atoms with Crippen LogP contribution < -0.4 is 10.5 Å². The molecule has 0 aliphatic rings. The van der Waals surface area contributed by atoms with Gasteiger partial charge in [-0.1, -0.05) is 0 Å². The lowest BCUT2D eigenvalue weighted by Crippen LogP contribution is -2.02. The van der Waals surface area contributed by atoms with Crippen molar-refractivity contribution in [1.82, 2.24) is 0 Å². The molecule has 4 heteroatoms. The van der Waals surface area contributed by atoms with E-state index in [0.717, 1.165) is 17.2 Å². The van der Waals surface area contributed by atoms with Gasteiger partial charge in [-0.25, -0.2) is 8.78 Å². The monoisotopic (exact) mass is 263 g/mol. The molecular formula is C15H15F2NO. The van der Waals surface area contributed by atoms with Gasteiger partial charge < -0.3 is 10.5 Å². The second-order valence-corrected chi connectivity index (χ2v) is 4.51. The molecule has 0 heterocycles. The number of hydrogen-bond donors (Lipinski definition) is 1. The van der Waals surface area contributed by atoms with Gasteiger partial charge in [0.1, 0.15) is 24.0 Å². The van der Waals surface area contributed by atoms with Crippen molar-refractivity contribution in [2.24, 2.45) is 0 Å². The molecule has 0 unspecified atom stereocenters. The molecule has 0 aromatic heterocycles. The van der Waals surface area contributed by atoms with Crippen molar-refractivity contribution in [3.05, 3.63) is 58.7 Å². The van der Waals surface area contributed by atoms with Crippen LogP contribution in [0.15, 0.2) is 30.3 Å². The maximum Gasteiger partial charge on any atom is 0.132 e. The molecule has 0 atom stereocenters. The number of hydrogen-bond acceptors (Lipinski definition) is 2. The van der Waals surface area contributed by atoms with Crippen LogP contribution in [-0.2, 0) is 6.61 Å². The van der Waals surface area contributed by atoms with E-state index in [4.69, 9.17) is 10.5 Å². The van der Waals surface area contributed by atoms with Gasteiger partial charge in [0, 0.05) is 17.3 Å². The number of rotatable bonds is 3. The van der Waals surface area contributed by atoms with Crippen LogP contribution in [0.4, 0.5) is 14.5 Å². The average Bonchev–Trinajstić information content (AvgIpc) is 2.30. The summed E-state index contributed by atoms with van der Waals surface area (Å²) in [4.78, 5) is 0. The molecule has 100 valence electrons. The molecular weight excluding hydrogens is 248 g/mol. The third-order valence-corrected chi connectivity index (χ3v) is 2.87. The van der Waals surface area contributed by atoms with Gasteiger partial charge >= 0.3 is 0 Å². The Morgan fingerprint density at radius 2 is 1.68 bits per heavy atom. The highest BCUT2D eigenvalue weighted by molar-refractivity contribution is 5.52. The summed E-state index contributed by atoms with van der Waals surface area (Å²) in [5, 5.41) is 0. The Hall–Kier alpha value is -2.10. The molecule has 0 aliphatic heterocycles. The molecule has 2 N–H and O–H groups in total. The van der Waals surface area contributed by atoms with Crippen LogP contribution in [0.5, 0.6) is 5.75 Å². The molecule has 0 saturated carbocycles. The highest BCUT2D eigenvalue weighted by Crippen LogP contribution is 2.27. The summed E-state index contributed by atoms with van der Waals surface area (Å²) in [5.41, 5.74) is 8.48. The van der Waals surface area contributed by atoms with E-state index >= 15 is 0 Å². The molecule has 0 radical (unpaired) electrons. The van der Waals surface area contributed by atoms with Crippen LogP contribution in [0.25, 0.3) is 0 Å². The van der Waals surface area contributed by atoms with Gasteiger partial charge in [-0.15, -0.1) is 0 Å². The van der Waals surface area contributed by atoms with E-state index in [2.05, 4.69) is 0 Å². The van der Waals surface area contributed by atoms with Gasteiger partial charge in [0.05, 0.1) is 0 Å². The predicted octanol–water partition coefficient (Wildman–Crippen LogP) is 3.74. The van der Waals surface area contributed by atoms with E-state index in [1.165, 1.54) is 12.1 Å². The van der Waals surface area contributed by atoms with Crippen molar-refractivity contribution in [3.8, 4) is 5.75 Å². The first-order valence-corrected chi connectivity index (χ1v) is 5.91. The summed E-state index contributed by atoms with van der Waals surface area (Å²) in [6.07, 6.45) is 0. The number of anilines is 1. The van der Waals surface area contributed by atoms with E-state index in [9.17, 15) is 8.78 Å². The zero-order valence-electron chi connectivity index (χ0n) is 10.8. The quantitative estimate of drug-likeness (QED) is 0.856. The topological polar surface area (TPSA) is 35.2 Å². The Bertz CT molecular complexity index is 588. The summed E-state index contributed by atoms with van der Waals surface area (Å²) >= 11 is 0. The van der Waals surface area contributed by atoms with Gasteiger partial charge in [-0.05, 0) is 49.2 Å². The fraction of sp³-hybridized carbons (Fsp3) is 0.200. The fourth-order valence-electron chi connectivity index (χ4n) is 2.00. The molecule has 0 saturated heterocycles. The highest BCUT2D eigenvalue weighted by Gasteiger charge is 2.08. The summed E-state index contributed by atoms with van der Waals surface area (Å²) < 4.78 is 31.9. The first-order chi connectivity index (χ1) is 8.97. The molecule has 0 fully saturated rings. The molecule has 0 aliphatic carbocycles. The Morgan fingerprint density at radius 1 is 1.05 bits per heavy atom. The normalized spacial score (nSPS) is 10.5. The lowest BCUT2D eigenvalue weighted by Gasteiger charge is -2.13. The minimum Gasteiger partial charge on any atom is -0.488 e. The lowest BCUT2D eigenvalue weighted by atomic mass is 10.1. The third kappa shape index (κ3) is 3.02. The first kappa shape index (κ1) is 13.3. The van der Waals surface area contributed by atoms with Crippen molar-refractivity contribution in [3.63, 3.8) is 0 Å². The Kier molecular flexibility index (Phi) is 3.69. The van der Waals surface area contributed by atoms with E-state index in [1.807, 2.05) is 13.8 Å². The molecule has 19 heavy (non-hydrogen) atoms. The summed E-state index contributed by atoms with van der Waals surface area (Å²) in [6.45, 7) is 3.80. The second-order valence-electron chi connectivity index (χ2n) is 4.51. The van der Waals surface area contributed by atoms with Crippen LogP contribution in [0, 0.1) is 25.5 Å². The van der Waals surface area contributed by atoms with Crippen LogP contribution in [0.1, 0.15) is 16.7 Å². The van der Waals surface area contributed by atoms with Crippen molar-refractivity contribution >= 4 is 5.69 Å². The number of halogens is 2. The Balaban J connectivity index is 2.19. The fourth-order valence-corrected chi connectivity index (χ4v) is 2.00. The van der Waals surface area contributed by atoms with Gasteiger partial charge in [0.15, 0.2) is 0 Å². The van der Waals surface area contributed by atoms with E-state index in [1.54, 1.807) is 12.1 Å². The highest BCUT2D eigenvalue weighted by atomic mass is 19.1. The maximum atomic E-state index is 13.5. The molecule has 0 amide bonds. The van der Waals surface area contributed by atoms with Gasteiger partial charge in [0.25, 0.3) is 0 Å². The van der Waals surface area contributed by atoms with Crippen molar-refractivity contribution in [2.45, 2.75) is 20.5 Å². The zero-order chi connectivity index (χ0) is 14.0. The molecule has 2 nitrogen and oxygen atoms in total. The number of nitrogens with two attached hydrogens (primary N) is 1. The SMILES string of the molecule is Cc1cc(N)cc(C)c1OCc1ccc(F)cc1F. The minimum atomic E-state index is -0.606. The maximum absolute atomic E-state index is 13.5. The lowest BCUT2D eigenvalue weighted by molar-refractivity contribution is 0.295. The van der Waals surface area contributed by atoms with E-state index in [0.29, 0.717) is 17.0 Å². The van der Waals surface area contributed by atoms with E-state index in [-0.39, 0.29) is 6.61 Å². The number of nitrogen functional groups attached to an aromatic ring is 1. The first-order valence-electron chi connectivity index (χ1n) is 5.91.